The van der Waals surface area contributed by atoms with Gasteiger partial charge in [-0.25, -0.2) is 0 Å². The van der Waals surface area contributed by atoms with Crippen LogP contribution < -0.4 is 0 Å². The van der Waals surface area contributed by atoms with Gasteiger partial charge < -0.3 is 9.52 Å². The number of aliphatic hydroxyl groups excluding tert-OH is 1. The van der Waals surface area contributed by atoms with Crippen molar-refractivity contribution in [1.29, 1.82) is 0 Å². The summed E-state index contributed by atoms with van der Waals surface area (Å²) in [7, 11) is 0. The lowest BCUT2D eigenvalue weighted by Gasteiger charge is -2.39. The first-order valence-electron chi connectivity index (χ1n) is 6.06. The molecule has 0 spiro atoms. The summed E-state index contributed by atoms with van der Waals surface area (Å²) in [5.74, 6) is 0.861. The van der Waals surface area contributed by atoms with Gasteiger partial charge in [0.2, 0.25) is 0 Å². The minimum absolute atomic E-state index is 0.163. The Bertz CT molecular complexity index is 313. The largest absolute Gasteiger partial charge is 0.469 e. The van der Waals surface area contributed by atoms with Crippen LogP contribution in [0.3, 0.4) is 0 Å². The number of rotatable bonds is 4. The van der Waals surface area contributed by atoms with Gasteiger partial charge in [0.25, 0.3) is 0 Å². The van der Waals surface area contributed by atoms with Crippen LogP contribution >= 0.6 is 0 Å². The van der Waals surface area contributed by atoms with Crippen molar-refractivity contribution in [3.63, 3.8) is 0 Å². The summed E-state index contributed by atoms with van der Waals surface area (Å²) < 4.78 is 5.28. The van der Waals surface area contributed by atoms with E-state index in [0.29, 0.717) is 6.42 Å². The summed E-state index contributed by atoms with van der Waals surface area (Å²) in [5, 5.41) is 10.3. The fourth-order valence-electron chi connectivity index (χ4n) is 2.37. The summed E-state index contributed by atoms with van der Waals surface area (Å²) in [4.78, 5) is 2.38. The van der Waals surface area contributed by atoms with E-state index < -0.39 is 0 Å². The number of aliphatic hydroxyl groups is 1. The molecule has 0 aliphatic carbocycles. The Morgan fingerprint density at radius 1 is 1.44 bits per heavy atom. The van der Waals surface area contributed by atoms with Crippen molar-refractivity contribution in [1.82, 2.24) is 4.90 Å². The van der Waals surface area contributed by atoms with E-state index in [0.717, 1.165) is 18.8 Å². The van der Waals surface area contributed by atoms with Crippen molar-refractivity contribution in [2.24, 2.45) is 0 Å². The fourth-order valence-corrected chi connectivity index (χ4v) is 2.37. The molecule has 1 aliphatic rings. The number of nitrogens with zero attached hydrogens (tertiary/aromatic N) is 1. The van der Waals surface area contributed by atoms with Crippen LogP contribution in [0.25, 0.3) is 0 Å². The molecule has 0 aromatic carbocycles. The number of hydrogen-bond donors (Lipinski definition) is 1. The van der Waals surface area contributed by atoms with Crippen LogP contribution in [0.4, 0.5) is 0 Å². The molecule has 0 saturated carbocycles. The second-order valence-electron chi connectivity index (χ2n) is 5.15. The van der Waals surface area contributed by atoms with Crippen LogP contribution in [-0.2, 0) is 6.42 Å². The Morgan fingerprint density at radius 2 is 2.12 bits per heavy atom. The van der Waals surface area contributed by atoms with E-state index in [1.807, 2.05) is 12.1 Å². The van der Waals surface area contributed by atoms with Gasteiger partial charge in [0.15, 0.2) is 0 Å². The lowest BCUT2D eigenvalue weighted by atomic mass is 9.92. The first kappa shape index (κ1) is 11.7. The Labute approximate surface area is 97.1 Å². The lowest BCUT2D eigenvalue weighted by molar-refractivity contribution is 0.000727. The molecule has 16 heavy (non-hydrogen) atoms. The monoisotopic (exact) mass is 223 g/mol. The summed E-state index contributed by atoms with van der Waals surface area (Å²) in [6.07, 6.45) is 4.37. The standard InChI is InChI=1S/C13H21NO2/c1-13(2,14-7-3-4-8-14)12(15)10-11-6-5-9-16-11/h5-6,9,12,15H,3-4,7-8,10H2,1-2H3. The van der Waals surface area contributed by atoms with Crippen molar-refractivity contribution < 1.29 is 9.52 Å². The Hall–Kier alpha value is -0.800. The van der Waals surface area contributed by atoms with E-state index >= 15 is 0 Å². The van der Waals surface area contributed by atoms with Crippen LogP contribution in [0.1, 0.15) is 32.4 Å². The molecular weight excluding hydrogens is 202 g/mol. The lowest BCUT2D eigenvalue weighted by Crippen LogP contribution is -2.51. The van der Waals surface area contributed by atoms with Gasteiger partial charge >= 0.3 is 0 Å². The minimum Gasteiger partial charge on any atom is -0.469 e. The van der Waals surface area contributed by atoms with Crippen LogP contribution in [0.5, 0.6) is 0 Å². The van der Waals surface area contributed by atoms with Crippen molar-refractivity contribution in [3.8, 4) is 0 Å². The summed E-state index contributed by atoms with van der Waals surface area (Å²) >= 11 is 0. The highest BCUT2D eigenvalue weighted by atomic mass is 16.3. The molecule has 1 N–H and O–H groups in total. The van der Waals surface area contributed by atoms with Gasteiger partial charge in [-0.05, 0) is 51.9 Å². The molecule has 1 atom stereocenters. The van der Waals surface area contributed by atoms with E-state index in [1.165, 1.54) is 12.8 Å². The third-order valence-corrected chi connectivity index (χ3v) is 3.71. The van der Waals surface area contributed by atoms with E-state index in [-0.39, 0.29) is 11.6 Å². The minimum atomic E-state index is -0.378. The van der Waals surface area contributed by atoms with Crippen LogP contribution in [0.15, 0.2) is 22.8 Å². The van der Waals surface area contributed by atoms with Crippen molar-refractivity contribution in [3.05, 3.63) is 24.2 Å². The second kappa shape index (κ2) is 4.60. The third-order valence-electron chi connectivity index (χ3n) is 3.71. The maximum atomic E-state index is 10.3. The zero-order chi connectivity index (χ0) is 11.6. The van der Waals surface area contributed by atoms with Crippen molar-refractivity contribution in [2.45, 2.75) is 44.8 Å². The predicted molar refractivity (Wildman–Crippen MR) is 63.3 cm³/mol. The highest BCUT2D eigenvalue weighted by Crippen LogP contribution is 2.26. The molecule has 1 unspecified atom stereocenters. The SMILES string of the molecule is CC(C)(C(O)Cc1ccco1)N1CCCC1. The topological polar surface area (TPSA) is 36.6 Å². The average molecular weight is 223 g/mol. The van der Waals surface area contributed by atoms with E-state index in [9.17, 15) is 5.11 Å². The summed E-state index contributed by atoms with van der Waals surface area (Å²) in [6, 6.07) is 3.79. The van der Waals surface area contributed by atoms with Crippen LogP contribution in [0, 0.1) is 0 Å². The van der Waals surface area contributed by atoms with Crippen molar-refractivity contribution >= 4 is 0 Å². The number of furan rings is 1. The van der Waals surface area contributed by atoms with Crippen LogP contribution in [-0.4, -0.2) is 34.7 Å². The van der Waals surface area contributed by atoms with Crippen LogP contribution in [0.2, 0.25) is 0 Å². The molecule has 90 valence electrons. The van der Waals surface area contributed by atoms with Gasteiger partial charge in [-0.3, -0.25) is 4.90 Å². The van der Waals surface area contributed by atoms with Gasteiger partial charge in [-0.2, -0.15) is 0 Å². The smallest absolute Gasteiger partial charge is 0.106 e. The van der Waals surface area contributed by atoms with Gasteiger partial charge in [0.05, 0.1) is 12.4 Å². The van der Waals surface area contributed by atoms with Gasteiger partial charge in [0, 0.05) is 12.0 Å². The zero-order valence-corrected chi connectivity index (χ0v) is 10.1. The number of likely N-dealkylation sites (tertiary alicyclic amines) is 1. The molecular formula is C13H21NO2. The zero-order valence-electron chi connectivity index (χ0n) is 10.1. The van der Waals surface area contributed by atoms with Gasteiger partial charge in [-0.1, -0.05) is 0 Å². The first-order chi connectivity index (χ1) is 7.60. The first-order valence-corrected chi connectivity index (χ1v) is 6.06. The molecule has 1 aromatic rings. The molecule has 3 heteroatoms. The maximum Gasteiger partial charge on any atom is 0.106 e. The molecule has 0 amide bonds. The normalized spacial score (nSPS) is 20.2. The molecule has 1 saturated heterocycles. The van der Waals surface area contributed by atoms with Gasteiger partial charge in [0.1, 0.15) is 5.76 Å². The Kier molecular flexibility index (Phi) is 3.36. The average Bonchev–Trinajstić information content (AvgIpc) is 2.89. The molecule has 1 aromatic heterocycles. The second-order valence-corrected chi connectivity index (χ2v) is 5.15. The van der Waals surface area contributed by atoms with E-state index in [2.05, 4.69) is 18.7 Å². The molecule has 0 radical (unpaired) electrons. The molecule has 1 fully saturated rings. The quantitative estimate of drug-likeness (QED) is 0.848. The molecule has 3 nitrogen and oxygen atoms in total. The summed E-state index contributed by atoms with van der Waals surface area (Å²) in [6.45, 7) is 6.43. The number of hydrogen-bond acceptors (Lipinski definition) is 3. The van der Waals surface area contributed by atoms with Crippen molar-refractivity contribution in [2.75, 3.05) is 13.1 Å². The molecule has 2 heterocycles. The van der Waals surface area contributed by atoms with E-state index in [1.54, 1.807) is 6.26 Å². The van der Waals surface area contributed by atoms with Gasteiger partial charge in [-0.15, -0.1) is 0 Å². The van der Waals surface area contributed by atoms with E-state index in [4.69, 9.17) is 4.42 Å². The fraction of sp³-hybridized carbons (Fsp3) is 0.692. The highest BCUT2D eigenvalue weighted by Gasteiger charge is 2.35. The Morgan fingerprint density at radius 3 is 2.69 bits per heavy atom. The molecule has 1 aliphatic heterocycles. The summed E-state index contributed by atoms with van der Waals surface area (Å²) in [5.41, 5.74) is -0.163. The Balaban J connectivity index is 1.99. The molecule has 2 rings (SSSR count). The predicted octanol–water partition coefficient (Wildman–Crippen LogP) is 2.06. The highest BCUT2D eigenvalue weighted by molar-refractivity contribution is 5.03. The maximum absolute atomic E-state index is 10.3. The third kappa shape index (κ3) is 2.30. The molecule has 0 bridgehead atoms.